The summed E-state index contributed by atoms with van der Waals surface area (Å²) in [6.07, 6.45) is 0. The quantitative estimate of drug-likeness (QED) is 0.652. The average molecular weight is 391 g/mol. The number of nitrogens with one attached hydrogen (secondary N) is 1. The number of rotatable bonds is 6. The molecule has 3 aromatic rings. The van der Waals surface area contributed by atoms with Crippen LogP contribution in [0.15, 0.2) is 53.7 Å². The van der Waals surface area contributed by atoms with Crippen LogP contribution in [-0.4, -0.2) is 26.4 Å². The summed E-state index contributed by atoms with van der Waals surface area (Å²) < 4.78 is 15.4. The summed E-state index contributed by atoms with van der Waals surface area (Å²) in [5.41, 5.74) is 1.34. The molecule has 134 valence electrons. The molecule has 1 heterocycles. The Balaban J connectivity index is 1.57. The third-order valence-electron chi connectivity index (χ3n) is 3.70. The molecule has 1 N–H and O–H groups in total. The number of carbonyl (C=O) groups excluding carboxylic acids is 1. The molecule has 0 spiro atoms. The average Bonchev–Trinajstić information content (AvgIpc) is 3.00. The maximum absolute atomic E-state index is 13.5. The number of halogens is 2. The van der Waals surface area contributed by atoms with Gasteiger partial charge in [-0.15, -0.1) is 10.2 Å². The second-order valence-electron chi connectivity index (χ2n) is 5.53. The molecule has 0 saturated heterocycles. The Hall–Kier alpha value is -2.38. The first-order valence-electron chi connectivity index (χ1n) is 7.83. The monoisotopic (exact) mass is 390 g/mol. The molecule has 1 aromatic heterocycles. The van der Waals surface area contributed by atoms with Crippen molar-refractivity contribution in [2.75, 3.05) is 5.75 Å². The smallest absolute Gasteiger partial charge is 0.230 e. The first kappa shape index (κ1) is 18.4. The summed E-state index contributed by atoms with van der Waals surface area (Å²) >= 11 is 7.17. The zero-order chi connectivity index (χ0) is 18.5. The molecule has 0 aliphatic carbocycles. The molecule has 3 rings (SSSR count). The molecule has 0 aliphatic rings. The first-order chi connectivity index (χ1) is 12.5. The van der Waals surface area contributed by atoms with E-state index in [1.807, 2.05) is 23.7 Å². The van der Waals surface area contributed by atoms with Gasteiger partial charge >= 0.3 is 0 Å². The highest BCUT2D eigenvalue weighted by atomic mass is 35.5. The molecule has 26 heavy (non-hydrogen) atoms. The van der Waals surface area contributed by atoms with Crippen LogP contribution >= 0.6 is 23.4 Å². The fourth-order valence-electron chi connectivity index (χ4n) is 2.31. The minimum atomic E-state index is -0.332. The Morgan fingerprint density at radius 1 is 1.19 bits per heavy atom. The predicted octanol–water partition coefficient (Wildman–Crippen LogP) is 3.68. The van der Waals surface area contributed by atoms with Gasteiger partial charge in [-0.1, -0.05) is 41.6 Å². The number of hydrogen-bond acceptors (Lipinski definition) is 4. The molecule has 0 radical (unpaired) electrons. The highest BCUT2D eigenvalue weighted by Gasteiger charge is 2.13. The predicted molar refractivity (Wildman–Crippen MR) is 100 cm³/mol. The molecule has 1 amide bonds. The van der Waals surface area contributed by atoms with Gasteiger partial charge in [-0.3, -0.25) is 4.79 Å². The molecule has 2 aromatic carbocycles. The van der Waals surface area contributed by atoms with Crippen LogP contribution in [0.2, 0.25) is 5.02 Å². The van der Waals surface area contributed by atoms with E-state index in [2.05, 4.69) is 15.5 Å². The lowest BCUT2D eigenvalue weighted by Gasteiger charge is -2.06. The maximum atomic E-state index is 13.5. The summed E-state index contributed by atoms with van der Waals surface area (Å²) in [5.74, 6) is 0.327. The van der Waals surface area contributed by atoms with Crippen LogP contribution in [0.3, 0.4) is 0 Å². The van der Waals surface area contributed by atoms with Crippen molar-refractivity contribution in [1.29, 1.82) is 0 Å². The van der Waals surface area contributed by atoms with Crippen molar-refractivity contribution < 1.29 is 9.18 Å². The summed E-state index contributed by atoms with van der Waals surface area (Å²) in [5, 5.41) is 12.3. The summed E-state index contributed by atoms with van der Waals surface area (Å²) in [4.78, 5) is 12.0. The number of hydrogen-bond donors (Lipinski definition) is 1. The van der Waals surface area contributed by atoms with E-state index in [0.29, 0.717) is 21.6 Å². The number of aromatic nitrogens is 3. The van der Waals surface area contributed by atoms with E-state index in [-0.39, 0.29) is 24.0 Å². The van der Waals surface area contributed by atoms with Crippen LogP contribution < -0.4 is 5.32 Å². The minimum absolute atomic E-state index is 0.154. The van der Waals surface area contributed by atoms with Crippen molar-refractivity contribution in [3.63, 3.8) is 0 Å². The molecule has 0 atom stereocenters. The van der Waals surface area contributed by atoms with Crippen LogP contribution in [0.1, 0.15) is 5.56 Å². The fraction of sp³-hybridized carbons (Fsp3) is 0.167. The molecule has 0 fully saturated rings. The Morgan fingerprint density at radius 3 is 2.65 bits per heavy atom. The largest absolute Gasteiger partial charge is 0.351 e. The summed E-state index contributed by atoms with van der Waals surface area (Å²) in [6.45, 7) is 0.154. The standard InChI is InChI=1S/C18H16ClFN4OS/c1-24-17(12-6-8-14(19)9-7-12)22-23-18(24)26-11-16(25)21-10-13-4-2-3-5-15(13)20/h2-9H,10-11H2,1H3,(H,21,25). The topological polar surface area (TPSA) is 59.8 Å². The molecule has 0 bridgehead atoms. The fourth-order valence-corrected chi connectivity index (χ4v) is 3.17. The highest BCUT2D eigenvalue weighted by Crippen LogP contribution is 2.23. The number of carbonyl (C=O) groups is 1. The summed E-state index contributed by atoms with van der Waals surface area (Å²) in [6, 6.07) is 13.7. The Morgan fingerprint density at radius 2 is 1.92 bits per heavy atom. The number of nitrogens with zero attached hydrogens (tertiary/aromatic N) is 3. The molecule has 0 saturated carbocycles. The van der Waals surface area contributed by atoms with Gasteiger partial charge in [0.05, 0.1) is 5.75 Å². The Kier molecular flexibility index (Phi) is 5.90. The lowest BCUT2D eigenvalue weighted by molar-refractivity contribution is -0.118. The van der Waals surface area contributed by atoms with E-state index in [4.69, 9.17) is 11.6 Å². The SMILES string of the molecule is Cn1c(SCC(=O)NCc2ccccc2F)nnc1-c1ccc(Cl)cc1. The Labute approximate surface area is 159 Å². The molecular weight excluding hydrogens is 375 g/mol. The van der Waals surface area contributed by atoms with Gasteiger partial charge in [0.1, 0.15) is 5.82 Å². The van der Waals surface area contributed by atoms with Crippen molar-refractivity contribution in [2.24, 2.45) is 7.05 Å². The van der Waals surface area contributed by atoms with Crippen LogP contribution in [0, 0.1) is 5.82 Å². The lowest BCUT2D eigenvalue weighted by Crippen LogP contribution is -2.25. The minimum Gasteiger partial charge on any atom is -0.351 e. The van der Waals surface area contributed by atoms with Crippen molar-refractivity contribution >= 4 is 29.3 Å². The van der Waals surface area contributed by atoms with Gasteiger partial charge in [0.15, 0.2) is 11.0 Å². The van der Waals surface area contributed by atoms with E-state index in [1.54, 1.807) is 30.3 Å². The van der Waals surface area contributed by atoms with Crippen LogP contribution in [0.25, 0.3) is 11.4 Å². The van der Waals surface area contributed by atoms with Crippen LogP contribution in [0.5, 0.6) is 0 Å². The van der Waals surface area contributed by atoms with Crippen molar-refractivity contribution in [1.82, 2.24) is 20.1 Å². The van der Waals surface area contributed by atoms with Gasteiger partial charge in [-0.25, -0.2) is 4.39 Å². The van der Waals surface area contributed by atoms with Gasteiger partial charge in [0.2, 0.25) is 5.91 Å². The highest BCUT2D eigenvalue weighted by molar-refractivity contribution is 7.99. The van der Waals surface area contributed by atoms with E-state index in [1.165, 1.54) is 17.8 Å². The van der Waals surface area contributed by atoms with E-state index in [0.717, 1.165) is 5.56 Å². The molecule has 0 aliphatic heterocycles. The van der Waals surface area contributed by atoms with Gasteiger partial charge in [-0.2, -0.15) is 0 Å². The van der Waals surface area contributed by atoms with Crippen LogP contribution in [0.4, 0.5) is 4.39 Å². The second kappa shape index (κ2) is 8.33. The van der Waals surface area contributed by atoms with Crippen LogP contribution in [-0.2, 0) is 18.4 Å². The molecular formula is C18H16ClFN4OS. The Bertz CT molecular complexity index is 914. The first-order valence-corrected chi connectivity index (χ1v) is 9.19. The lowest BCUT2D eigenvalue weighted by atomic mass is 10.2. The zero-order valence-corrected chi connectivity index (χ0v) is 15.5. The zero-order valence-electron chi connectivity index (χ0n) is 13.9. The molecule has 8 heteroatoms. The molecule has 0 unspecified atom stereocenters. The van der Waals surface area contributed by atoms with Crippen molar-refractivity contribution in [3.05, 3.63) is 64.9 Å². The van der Waals surface area contributed by atoms with Gasteiger partial charge in [0, 0.05) is 29.7 Å². The maximum Gasteiger partial charge on any atom is 0.230 e. The molecule has 5 nitrogen and oxygen atoms in total. The third-order valence-corrected chi connectivity index (χ3v) is 4.98. The number of amides is 1. The number of thioether (sulfide) groups is 1. The summed E-state index contributed by atoms with van der Waals surface area (Å²) in [7, 11) is 1.84. The number of benzene rings is 2. The third kappa shape index (κ3) is 4.42. The second-order valence-corrected chi connectivity index (χ2v) is 6.91. The van der Waals surface area contributed by atoms with Gasteiger partial charge in [-0.05, 0) is 30.3 Å². The van der Waals surface area contributed by atoms with E-state index in [9.17, 15) is 9.18 Å². The van der Waals surface area contributed by atoms with Gasteiger partial charge in [0.25, 0.3) is 0 Å². The van der Waals surface area contributed by atoms with E-state index < -0.39 is 0 Å². The van der Waals surface area contributed by atoms with Crippen molar-refractivity contribution in [2.45, 2.75) is 11.7 Å². The van der Waals surface area contributed by atoms with Crippen molar-refractivity contribution in [3.8, 4) is 11.4 Å². The normalized spacial score (nSPS) is 10.7. The van der Waals surface area contributed by atoms with Gasteiger partial charge < -0.3 is 9.88 Å². The van der Waals surface area contributed by atoms with E-state index >= 15 is 0 Å².